The van der Waals surface area contributed by atoms with Gasteiger partial charge >= 0.3 is 0 Å². The minimum atomic E-state index is -0.204. The first-order valence-corrected chi connectivity index (χ1v) is 5.43. The van der Waals surface area contributed by atoms with E-state index in [1.165, 1.54) is 0 Å². The molecule has 0 saturated carbocycles. The summed E-state index contributed by atoms with van der Waals surface area (Å²) in [7, 11) is 0. The summed E-state index contributed by atoms with van der Waals surface area (Å²) >= 11 is 0. The van der Waals surface area contributed by atoms with E-state index in [4.69, 9.17) is 5.26 Å². The Morgan fingerprint density at radius 3 is 2.94 bits per heavy atom. The highest BCUT2D eigenvalue weighted by atomic mass is 16.1. The molecule has 2 rings (SSSR count). The molecule has 0 saturated heterocycles. The molecule has 0 spiro atoms. The van der Waals surface area contributed by atoms with Crippen LogP contribution in [-0.2, 0) is 0 Å². The molecule has 0 aliphatic rings. The molecule has 18 heavy (non-hydrogen) atoms. The van der Waals surface area contributed by atoms with Crippen molar-refractivity contribution in [1.82, 2.24) is 4.98 Å². The molecule has 0 bridgehead atoms. The van der Waals surface area contributed by atoms with Crippen molar-refractivity contribution in [2.75, 3.05) is 5.32 Å². The van der Waals surface area contributed by atoms with Gasteiger partial charge < -0.3 is 5.32 Å². The van der Waals surface area contributed by atoms with Crippen LogP contribution in [0, 0.1) is 18.3 Å². The Kier molecular flexibility index (Phi) is 3.35. The fourth-order valence-corrected chi connectivity index (χ4v) is 1.59. The van der Waals surface area contributed by atoms with Crippen molar-refractivity contribution in [3.05, 3.63) is 59.4 Å². The lowest BCUT2D eigenvalue weighted by atomic mass is 10.1. The molecule has 1 amide bonds. The molecule has 1 aromatic heterocycles. The highest BCUT2D eigenvalue weighted by molar-refractivity contribution is 6.05. The molecule has 0 aliphatic carbocycles. The van der Waals surface area contributed by atoms with Gasteiger partial charge in [-0.1, -0.05) is 6.07 Å². The van der Waals surface area contributed by atoms with Crippen LogP contribution in [0.5, 0.6) is 0 Å². The van der Waals surface area contributed by atoms with Crippen LogP contribution in [-0.4, -0.2) is 10.9 Å². The van der Waals surface area contributed by atoms with Crippen LogP contribution in [0.4, 0.5) is 5.69 Å². The highest BCUT2D eigenvalue weighted by Crippen LogP contribution is 2.13. The maximum atomic E-state index is 12.0. The fourth-order valence-electron chi connectivity index (χ4n) is 1.59. The first kappa shape index (κ1) is 11.8. The summed E-state index contributed by atoms with van der Waals surface area (Å²) in [5, 5.41) is 11.5. The van der Waals surface area contributed by atoms with E-state index in [1.54, 1.807) is 42.7 Å². The number of nitriles is 1. The lowest BCUT2D eigenvalue weighted by Crippen LogP contribution is -2.13. The van der Waals surface area contributed by atoms with Gasteiger partial charge in [-0.25, -0.2) is 0 Å². The number of carbonyl (C=O) groups is 1. The molecular weight excluding hydrogens is 226 g/mol. The van der Waals surface area contributed by atoms with Crippen molar-refractivity contribution >= 4 is 11.6 Å². The molecule has 88 valence electrons. The van der Waals surface area contributed by atoms with E-state index in [2.05, 4.69) is 10.3 Å². The quantitative estimate of drug-likeness (QED) is 0.872. The number of aromatic nitrogens is 1. The third-order valence-corrected chi connectivity index (χ3v) is 2.51. The average molecular weight is 237 g/mol. The smallest absolute Gasteiger partial charge is 0.256 e. The molecule has 1 aromatic carbocycles. The summed E-state index contributed by atoms with van der Waals surface area (Å²) in [6, 6.07) is 10.5. The molecule has 0 radical (unpaired) electrons. The van der Waals surface area contributed by atoms with Gasteiger partial charge in [-0.05, 0) is 36.8 Å². The van der Waals surface area contributed by atoms with Crippen molar-refractivity contribution < 1.29 is 4.79 Å². The van der Waals surface area contributed by atoms with Crippen LogP contribution in [0.25, 0.3) is 0 Å². The number of hydrogen-bond donors (Lipinski definition) is 1. The van der Waals surface area contributed by atoms with Gasteiger partial charge in [0.25, 0.3) is 5.91 Å². The minimum Gasteiger partial charge on any atom is -0.322 e. The Morgan fingerprint density at radius 1 is 1.39 bits per heavy atom. The standard InChI is InChI=1S/C14H11N3O/c1-10-9-16-6-5-13(10)14(18)17-12-4-2-3-11(7-12)8-15/h2-7,9H,1H3,(H,17,18). The number of aryl methyl sites for hydroxylation is 1. The van der Waals surface area contributed by atoms with E-state index < -0.39 is 0 Å². The molecule has 4 heteroatoms. The van der Waals surface area contributed by atoms with Gasteiger partial charge in [0.2, 0.25) is 0 Å². The monoisotopic (exact) mass is 237 g/mol. The van der Waals surface area contributed by atoms with Crippen LogP contribution < -0.4 is 5.32 Å². The largest absolute Gasteiger partial charge is 0.322 e. The van der Waals surface area contributed by atoms with E-state index >= 15 is 0 Å². The molecule has 0 unspecified atom stereocenters. The summed E-state index contributed by atoms with van der Waals surface area (Å²) in [5.74, 6) is -0.204. The van der Waals surface area contributed by atoms with Crippen LogP contribution in [0.1, 0.15) is 21.5 Å². The van der Waals surface area contributed by atoms with E-state index in [1.807, 2.05) is 13.0 Å². The minimum absolute atomic E-state index is 0.204. The van der Waals surface area contributed by atoms with Crippen molar-refractivity contribution in [2.24, 2.45) is 0 Å². The molecule has 2 aromatic rings. The van der Waals surface area contributed by atoms with Crippen molar-refractivity contribution in [2.45, 2.75) is 6.92 Å². The Morgan fingerprint density at radius 2 is 2.22 bits per heavy atom. The molecule has 4 nitrogen and oxygen atoms in total. The summed E-state index contributed by atoms with van der Waals surface area (Å²) in [4.78, 5) is 16.0. The molecule has 0 aliphatic heterocycles. The van der Waals surface area contributed by atoms with Crippen LogP contribution in [0.2, 0.25) is 0 Å². The van der Waals surface area contributed by atoms with Gasteiger partial charge in [0.1, 0.15) is 0 Å². The third-order valence-electron chi connectivity index (χ3n) is 2.51. The van der Waals surface area contributed by atoms with E-state index in [9.17, 15) is 4.79 Å². The molecule has 1 heterocycles. The van der Waals surface area contributed by atoms with E-state index in [0.29, 0.717) is 16.8 Å². The number of pyridine rings is 1. The molecule has 1 N–H and O–H groups in total. The third kappa shape index (κ3) is 2.53. The lowest BCUT2D eigenvalue weighted by molar-refractivity contribution is 0.102. The number of rotatable bonds is 2. The predicted octanol–water partition coefficient (Wildman–Crippen LogP) is 2.51. The van der Waals surface area contributed by atoms with E-state index in [-0.39, 0.29) is 5.91 Å². The SMILES string of the molecule is Cc1cnccc1C(=O)Nc1cccc(C#N)c1. The Labute approximate surface area is 105 Å². The van der Waals surface area contributed by atoms with Crippen molar-refractivity contribution in [3.8, 4) is 6.07 Å². The zero-order valence-corrected chi connectivity index (χ0v) is 9.84. The fraction of sp³-hybridized carbons (Fsp3) is 0.0714. The molecular formula is C14H11N3O. The van der Waals surface area contributed by atoms with Gasteiger partial charge in [-0.2, -0.15) is 5.26 Å². The number of amides is 1. The second kappa shape index (κ2) is 5.11. The first-order valence-electron chi connectivity index (χ1n) is 5.43. The maximum Gasteiger partial charge on any atom is 0.256 e. The Hall–Kier alpha value is -2.67. The summed E-state index contributed by atoms with van der Waals surface area (Å²) in [5.41, 5.74) is 2.51. The van der Waals surface area contributed by atoms with Gasteiger partial charge in [-0.3, -0.25) is 9.78 Å². The normalized spacial score (nSPS) is 9.56. The predicted molar refractivity (Wildman–Crippen MR) is 68.1 cm³/mol. The van der Waals surface area contributed by atoms with Crippen LogP contribution in [0.15, 0.2) is 42.7 Å². The maximum absolute atomic E-state index is 12.0. The number of anilines is 1. The highest BCUT2D eigenvalue weighted by Gasteiger charge is 2.08. The van der Waals surface area contributed by atoms with Gasteiger partial charge in [0.15, 0.2) is 0 Å². The van der Waals surface area contributed by atoms with Gasteiger partial charge in [-0.15, -0.1) is 0 Å². The first-order chi connectivity index (χ1) is 8.70. The number of nitrogens with zero attached hydrogens (tertiary/aromatic N) is 2. The zero-order chi connectivity index (χ0) is 13.0. The van der Waals surface area contributed by atoms with Crippen LogP contribution in [0.3, 0.4) is 0 Å². The second-order valence-corrected chi connectivity index (χ2v) is 3.84. The lowest BCUT2D eigenvalue weighted by Gasteiger charge is -2.07. The van der Waals surface area contributed by atoms with E-state index in [0.717, 1.165) is 5.56 Å². The van der Waals surface area contributed by atoms with Crippen molar-refractivity contribution in [3.63, 3.8) is 0 Å². The number of benzene rings is 1. The number of nitrogens with one attached hydrogen (secondary N) is 1. The summed E-state index contributed by atoms with van der Waals surface area (Å²) in [6.45, 7) is 1.83. The van der Waals surface area contributed by atoms with Gasteiger partial charge in [0.05, 0.1) is 11.6 Å². The molecule has 0 atom stereocenters. The summed E-state index contributed by atoms with van der Waals surface area (Å²) < 4.78 is 0. The Balaban J connectivity index is 2.22. The van der Waals surface area contributed by atoms with Crippen LogP contribution >= 0.6 is 0 Å². The second-order valence-electron chi connectivity index (χ2n) is 3.84. The number of carbonyl (C=O) groups excluding carboxylic acids is 1. The average Bonchev–Trinajstić information content (AvgIpc) is 2.39. The zero-order valence-electron chi connectivity index (χ0n) is 9.84. The topological polar surface area (TPSA) is 65.8 Å². The van der Waals surface area contributed by atoms with Crippen molar-refractivity contribution in [1.29, 1.82) is 5.26 Å². The molecule has 0 fully saturated rings. The summed E-state index contributed by atoms with van der Waals surface area (Å²) in [6.07, 6.45) is 3.22. The Bertz CT molecular complexity index is 629. The van der Waals surface area contributed by atoms with Gasteiger partial charge in [0, 0.05) is 23.6 Å². The number of hydrogen-bond acceptors (Lipinski definition) is 3.